The fourth-order valence-corrected chi connectivity index (χ4v) is 2.83. The lowest BCUT2D eigenvalue weighted by Crippen LogP contribution is -2.67. The van der Waals surface area contributed by atoms with Crippen LogP contribution in [0.25, 0.3) is 0 Å². The van der Waals surface area contributed by atoms with Crippen molar-refractivity contribution in [3.8, 4) is 0 Å². The van der Waals surface area contributed by atoms with Crippen LogP contribution in [0.15, 0.2) is 0 Å². The molecular weight excluding hydrogens is 260 g/mol. The summed E-state index contributed by atoms with van der Waals surface area (Å²) in [5.74, 6) is -0.828. The van der Waals surface area contributed by atoms with Crippen LogP contribution in [-0.2, 0) is 9.53 Å². The van der Waals surface area contributed by atoms with Crippen molar-refractivity contribution in [2.45, 2.75) is 51.2 Å². The highest BCUT2D eigenvalue weighted by Gasteiger charge is 2.50. The maximum atomic E-state index is 12.1. The second kappa shape index (κ2) is 5.24. The van der Waals surface area contributed by atoms with Crippen molar-refractivity contribution in [3.05, 3.63) is 0 Å². The average Bonchev–Trinajstić information content (AvgIpc) is 2.24. The molecule has 6 heteroatoms. The molecule has 1 atom stereocenters. The molecule has 20 heavy (non-hydrogen) atoms. The summed E-state index contributed by atoms with van der Waals surface area (Å²) in [6.45, 7) is 7.83. The van der Waals surface area contributed by atoms with Gasteiger partial charge in [0.15, 0.2) is 0 Å². The highest BCUT2D eigenvalue weighted by molar-refractivity contribution is 5.81. The van der Waals surface area contributed by atoms with Crippen LogP contribution in [0, 0.1) is 0 Å². The van der Waals surface area contributed by atoms with E-state index in [1.54, 1.807) is 4.90 Å². The molecule has 0 saturated carbocycles. The summed E-state index contributed by atoms with van der Waals surface area (Å²) in [5, 5.41) is 9.64. The van der Waals surface area contributed by atoms with Crippen molar-refractivity contribution >= 4 is 12.1 Å². The van der Waals surface area contributed by atoms with Gasteiger partial charge >= 0.3 is 12.1 Å². The van der Waals surface area contributed by atoms with Gasteiger partial charge in [-0.25, -0.2) is 4.79 Å². The number of nitrogens with zero attached hydrogens (tertiary/aromatic N) is 2. The zero-order valence-corrected chi connectivity index (χ0v) is 12.5. The molecule has 1 N–H and O–H groups in total. The van der Waals surface area contributed by atoms with Gasteiger partial charge in [-0.05, 0) is 40.0 Å². The molecule has 114 valence electrons. The van der Waals surface area contributed by atoms with E-state index in [0.717, 1.165) is 19.5 Å². The molecule has 2 saturated heterocycles. The van der Waals surface area contributed by atoms with Gasteiger partial charge in [-0.2, -0.15) is 0 Å². The van der Waals surface area contributed by atoms with E-state index in [9.17, 15) is 14.7 Å². The van der Waals surface area contributed by atoms with Gasteiger partial charge < -0.3 is 14.7 Å². The second-order valence-corrected chi connectivity index (χ2v) is 6.68. The largest absolute Gasteiger partial charge is 0.480 e. The number of likely N-dealkylation sites (tertiary alicyclic amines) is 2. The molecule has 0 aromatic carbocycles. The Morgan fingerprint density at radius 1 is 1.15 bits per heavy atom. The van der Waals surface area contributed by atoms with E-state index in [-0.39, 0.29) is 6.54 Å². The Balaban J connectivity index is 2.10. The molecule has 2 aliphatic rings. The SMILES string of the molecule is CC(C)(C)OC(=O)N1CCCC(C(=O)O)(N2CCC2)C1. The fourth-order valence-electron chi connectivity index (χ4n) is 2.83. The predicted octanol–water partition coefficient (Wildman–Crippen LogP) is 1.55. The van der Waals surface area contributed by atoms with Crippen LogP contribution < -0.4 is 0 Å². The van der Waals surface area contributed by atoms with Crippen LogP contribution in [0.4, 0.5) is 4.79 Å². The summed E-state index contributed by atoms with van der Waals surface area (Å²) in [7, 11) is 0. The minimum atomic E-state index is -0.923. The highest BCUT2D eigenvalue weighted by atomic mass is 16.6. The van der Waals surface area contributed by atoms with Crippen LogP contribution >= 0.6 is 0 Å². The van der Waals surface area contributed by atoms with E-state index in [0.29, 0.717) is 19.4 Å². The van der Waals surface area contributed by atoms with Gasteiger partial charge in [0.25, 0.3) is 0 Å². The molecule has 1 unspecified atom stereocenters. The van der Waals surface area contributed by atoms with E-state index in [4.69, 9.17) is 4.74 Å². The molecule has 1 amide bonds. The first kappa shape index (κ1) is 15.1. The van der Waals surface area contributed by atoms with E-state index in [1.165, 1.54) is 0 Å². The van der Waals surface area contributed by atoms with Crippen LogP contribution in [0.2, 0.25) is 0 Å². The van der Waals surface area contributed by atoms with Crippen molar-refractivity contribution in [2.24, 2.45) is 0 Å². The molecular formula is C14H24N2O4. The fraction of sp³-hybridized carbons (Fsp3) is 0.857. The molecule has 2 aliphatic heterocycles. The van der Waals surface area contributed by atoms with E-state index in [1.807, 2.05) is 25.7 Å². The van der Waals surface area contributed by atoms with Gasteiger partial charge in [0, 0.05) is 19.6 Å². The summed E-state index contributed by atoms with van der Waals surface area (Å²) in [6.07, 6.45) is 1.91. The number of piperidine rings is 1. The summed E-state index contributed by atoms with van der Waals surface area (Å²) in [6, 6.07) is 0. The minimum Gasteiger partial charge on any atom is -0.480 e. The summed E-state index contributed by atoms with van der Waals surface area (Å²) in [4.78, 5) is 27.4. The number of carboxylic acid groups (broad SMARTS) is 1. The standard InChI is InChI=1S/C14H24N2O4/c1-13(2,3)20-12(19)15-7-4-6-14(10-15,11(17)18)16-8-5-9-16/h4-10H2,1-3H3,(H,17,18). The lowest BCUT2D eigenvalue weighted by molar-refractivity contribution is -0.159. The Kier molecular flexibility index (Phi) is 3.95. The van der Waals surface area contributed by atoms with Gasteiger partial charge in [0.05, 0.1) is 6.54 Å². The number of carboxylic acids is 1. The van der Waals surface area contributed by atoms with Crippen molar-refractivity contribution in [1.82, 2.24) is 9.80 Å². The Hall–Kier alpha value is -1.30. The average molecular weight is 284 g/mol. The maximum Gasteiger partial charge on any atom is 0.410 e. The van der Waals surface area contributed by atoms with Gasteiger partial charge in [-0.15, -0.1) is 0 Å². The monoisotopic (exact) mass is 284 g/mol. The zero-order chi connectivity index (χ0) is 15.0. The van der Waals surface area contributed by atoms with Crippen LogP contribution in [0.1, 0.15) is 40.0 Å². The Labute approximate surface area is 119 Å². The zero-order valence-electron chi connectivity index (χ0n) is 12.5. The Morgan fingerprint density at radius 2 is 1.80 bits per heavy atom. The molecule has 0 bridgehead atoms. The topological polar surface area (TPSA) is 70.1 Å². The molecule has 0 spiro atoms. The number of hydrogen-bond acceptors (Lipinski definition) is 4. The van der Waals surface area contributed by atoms with Crippen molar-refractivity contribution in [3.63, 3.8) is 0 Å². The number of rotatable bonds is 2. The molecule has 0 radical (unpaired) electrons. The molecule has 0 aromatic heterocycles. The lowest BCUT2D eigenvalue weighted by atomic mass is 9.85. The van der Waals surface area contributed by atoms with Crippen LogP contribution in [0.3, 0.4) is 0 Å². The Bertz CT molecular complexity index is 400. The smallest absolute Gasteiger partial charge is 0.410 e. The summed E-state index contributed by atoms with van der Waals surface area (Å²) in [5.41, 5.74) is -1.48. The third-order valence-electron chi connectivity index (χ3n) is 3.98. The molecule has 0 aromatic rings. The maximum absolute atomic E-state index is 12.1. The van der Waals surface area contributed by atoms with Crippen molar-refractivity contribution in [1.29, 1.82) is 0 Å². The number of hydrogen-bond donors (Lipinski definition) is 1. The first-order valence-electron chi connectivity index (χ1n) is 7.21. The highest BCUT2D eigenvalue weighted by Crippen LogP contribution is 2.32. The second-order valence-electron chi connectivity index (χ2n) is 6.68. The van der Waals surface area contributed by atoms with Crippen LogP contribution in [0.5, 0.6) is 0 Å². The number of carbonyl (C=O) groups is 2. The van der Waals surface area contributed by atoms with Gasteiger partial charge in [-0.3, -0.25) is 9.69 Å². The van der Waals surface area contributed by atoms with E-state index < -0.39 is 23.2 Å². The normalized spacial score (nSPS) is 27.9. The van der Waals surface area contributed by atoms with Gasteiger partial charge in [0.2, 0.25) is 0 Å². The molecule has 2 rings (SSSR count). The van der Waals surface area contributed by atoms with Crippen LogP contribution in [-0.4, -0.2) is 64.3 Å². The van der Waals surface area contributed by atoms with Gasteiger partial charge in [-0.1, -0.05) is 0 Å². The van der Waals surface area contributed by atoms with Crippen molar-refractivity contribution in [2.75, 3.05) is 26.2 Å². The predicted molar refractivity (Wildman–Crippen MR) is 73.6 cm³/mol. The third kappa shape index (κ3) is 2.90. The number of ether oxygens (including phenoxy) is 1. The molecule has 6 nitrogen and oxygen atoms in total. The van der Waals surface area contributed by atoms with Crippen molar-refractivity contribution < 1.29 is 19.4 Å². The van der Waals surface area contributed by atoms with E-state index >= 15 is 0 Å². The molecule has 2 fully saturated rings. The van der Waals surface area contributed by atoms with E-state index in [2.05, 4.69) is 0 Å². The third-order valence-corrected chi connectivity index (χ3v) is 3.98. The first-order chi connectivity index (χ1) is 9.24. The summed E-state index contributed by atoms with van der Waals surface area (Å²) < 4.78 is 5.36. The number of amides is 1. The Morgan fingerprint density at radius 3 is 2.25 bits per heavy atom. The molecule has 2 heterocycles. The molecule has 0 aliphatic carbocycles. The minimum absolute atomic E-state index is 0.219. The van der Waals surface area contributed by atoms with Gasteiger partial charge in [0.1, 0.15) is 11.1 Å². The summed E-state index contributed by atoms with van der Waals surface area (Å²) >= 11 is 0. The number of carbonyl (C=O) groups excluding carboxylic acids is 1. The first-order valence-corrected chi connectivity index (χ1v) is 7.21. The lowest BCUT2D eigenvalue weighted by Gasteiger charge is -2.50. The number of aliphatic carboxylic acids is 1. The quantitative estimate of drug-likeness (QED) is 0.833.